The lowest BCUT2D eigenvalue weighted by Crippen LogP contribution is -2.37. The van der Waals surface area contributed by atoms with Gasteiger partial charge in [0.25, 0.3) is 0 Å². The maximum absolute atomic E-state index is 6.19. The van der Waals surface area contributed by atoms with E-state index in [1.165, 1.54) is 0 Å². The van der Waals surface area contributed by atoms with E-state index in [9.17, 15) is 0 Å². The predicted octanol–water partition coefficient (Wildman–Crippen LogP) is 3.86. The van der Waals surface area contributed by atoms with E-state index < -0.39 is 12.1 Å². The fourth-order valence-corrected chi connectivity index (χ4v) is 3.41. The van der Waals surface area contributed by atoms with E-state index in [0.717, 1.165) is 17.0 Å². The first-order valence-electron chi connectivity index (χ1n) is 9.39. The Labute approximate surface area is 165 Å². The number of hydrogen-bond donors (Lipinski definition) is 0. The topological polar surface area (TPSA) is 58.5 Å². The number of fused-ring (bicyclic) bond motifs is 1. The van der Waals surface area contributed by atoms with Gasteiger partial charge in [0.05, 0.1) is 19.4 Å². The quantitative estimate of drug-likeness (QED) is 0.709. The van der Waals surface area contributed by atoms with Gasteiger partial charge < -0.3 is 23.7 Å². The zero-order valence-corrected chi connectivity index (χ0v) is 16.3. The lowest BCUT2D eigenvalue weighted by molar-refractivity contribution is -0.210. The first kappa shape index (κ1) is 19.1. The third-order valence-corrected chi connectivity index (χ3v) is 4.76. The van der Waals surface area contributed by atoms with Gasteiger partial charge in [-0.15, -0.1) is 0 Å². The summed E-state index contributed by atoms with van der Waals surface area (Å²) in [6, 6.07) is 17.6. The minimum Gasteiger partial charge on any atom is -0.497 e. The van der Waals surface area contributed by atoms with Crippen molar-refractivity contribution in [2.45, 2.75) is 50.8 Å². The molecule has 4 rings (SSSR count). The fourth-order valence-electron chi connectivity index (χ4n) is 3.41. The zero-order valence-electron chi connectivity index (χ0n) is 16.3. The second-order valence-corrected chi connectivity index (χ2v) is 7.31. The Morgan fingerprint density at radius 2 is 1.79 bits per heavy atom. The molecule has 6 heteroatoms. The molecule has 0 N–H and O–H groups in total. The molecule has 0 aromatic heterocycles. The van der Waals surface area contributed by atoms with Crippen molar-refractivity contribution in [1.82, 2.24) is 0 Å². The average Bonchev–Trinajstić information content (AvgIpc) is 3.17. The molecule has 0 spiro atoms. The van der Waals surface area contributed by atoms with Crippen molar-refractivity contribution in [3.8, 4) is 5.75 Å². The molecule has 6 nitrogen and oxygen atoms in total. The van der Waals surface area contributed by atoms with Crippen molar-refractivity contribution in [1.29, 1.82) is 0 Å². The molecule has 2 saturated heterocycles. The molecule has 0 amide bonds. The highest BCUT2D eigenvalue weighted by Gasteiger charge is 2.55. The van der Waals surface area contributed by atoms with Gasteiger partial charge in [0.15, 0.2) is 12.1 Å². The molecule has 148 valence electrons. The van der Waals surface area contributed by atoms with Gasteiger partial charge in [-0.05, 0) is 43.7 Å². The lowest BCUT2D eigenvalue weighted by Gasteiger charge is -2.24. The summed E-state index contributed by atoms with van der Waals surface area (Å²) >= 11 is 0. The van der Waals surface area contributed by atoms with E-state index in [2.05, 4.69) is 4.99 Å². The Kier molecular flexibility index (Phi) is 5.46. The van der Waals surface area contributed by atoms with E-state index in [1.807, 2.05) is 68.4 Å². The number of ether oxygens (including phenoxy) is 5. The van der Waals surface area contributed by atoms with Crippen LogP contribution < -0.4 is 4.74 Å². The van der Waals surface area contributed by atoms with Gasteiger partial charge in [-0.1, -0.05) is 30.3 Å². The highest BCUT2D eigenvalue weighted by atomic mass is 16.8. The Morgan fingerprint density at radius 1 is 1.04 bits per heavy atom. The molecule has 2 fully saturated rings. The van der Waals surface area contributed by atoms with Crippen LogP contribution >= 0.6 is 0 Å². The summed E-state index contributed by atoms with van der Waals surface area (Å²) in [6.07, 6.45) is 0.315. The molecular weight excluding hydrogens is 358 g/mol. The number of aliphatic imine (C=N–C) groups is 1. The zero-order chi connectivity index (χ0) is 19.6. The smallest absolute Gasteiger partial charge is 0.190 e. The number of nitrogens with zero attached hydrogens (tertiary/aromatic N) is 1. The Morgan fingerprint density at radius 3 is 2.50 bits per heavy atom. The van der Waals surface area contributed by atoms with E-state index in [4.69, 9.17) is 23.7 Å². The first-order chi connectivity index (χ1) is 13.5. The van der Waals surface area contributed by atoms with Crippen molar-refractivity contribution >= 4 is 11.9 Å². The SMILES string of the molecule is COc1ccc(N=C[C@@H]2O[C@@H]3OC(C)(C)O[C@@H]3[C@H]2OCc2ccccc2)cc1. The van der Waals surface area contributed by atoms with Gasteiger partial charge in [0, 0.05) is 6.21 Å². The van der Waals surface area contributed by atoms with Gasteiger partial charge >= 0.3 is 0 Å². The van der Waals surface area contributed by atoms with Gasteiger partial charge in [-0.2, -0.15) is 0 Å². The van der Waals surface area contributed by atoms with Crippen LogP contribution in [0.4, 0.5) is 5.69 Å². The minimum absolute atomic E-state index is 0.300. The standard InChI is InChI=1S/C22H25NO5/c1-22(2)27-20-19(25-14-15-7-5-4-6-8-15)18(26-21(20)28-22)13-23-16-9-11-17(24-3)12-10-16/h4-13,18-21H,14H2,1-3H3/t18-,19-,20+,21+/m0/s1. The average molecular weight is 383 g/mol. The van der Waals surface area contributed by atoms with Crippen molar-refractivity contribution in [3.05, 3.63) is 60.2 Å². The molecule has 2 aromatic carbocycles. The lowest BCUT2D eigenvalue weighted by atomic mass is 10.1. The summed E-state index contributed by atoms with van der Waals surface area (Å²) in [5.41, 5.74) is 1.90. The van der Waals surface area contributed by atoms with E-state index in [1.54, 1.807) is 13.3 Å². The van der Waals surface area contributed by atoms with Crippen LogP contribution in [0.25, 0.3) is 0 Å². The molecule has 0 saturated carbocycles. The Hall–Kier alpha value is -2.25. The molecule has 2 aliphatic heterocycles. The van der Waals surface area contributed by atoms with Crippen molar-refractivity contribution in [2.24, 2.45) is 4.99 Å². The van der Waals surface area contributed by atoms with Crippen molar-refractivity contribution < 1.29 is 23.7 Å². The highest BCUT2D eigenvalue weighted by Crippen LogP contribution is 2.38. The number of rotatable bonds is 6. The van der Waals surface area contributed by atoms with Crippen LogP contribution in [-0.4, -0.2) is 43.7 Å². The maximum Gasteiger partial charge on any atom is 0.190 e. The second-order valence-electron chi connectivity index (χ2n) is 7.31. The Bertz CT molecular complexity index is 805. The van der Waals surface area contributed by atoms with Crippen LogP contribution in [0, 0.1) is 0 Å². The number of benzene rings is 2. The number of hydrogen-bond acceptors (Lipinski definition) is 6. The molecular formula is C22H25NO5. The normalized spacial score (nSPS) is 28.5. The van der Waals surface area contributed by atoms with Gasteiger partial charge in [-0.3, -0.25) is 4.99 Å². The molecule has 28 heavy (non-hydrogen) atoms. The monoisotopic (exact) mass is 383 g/mol. The van der Waals surface area contributed by atoms with Gasteiger partial charge in [-0.25, -0.2) is 0 Å². The van der Waals surface area contributed by atoms with E-state index >= 15 is 0 Å². The largest absolute Gasteiger partial charge is 0.497 e. The minimum atomic E-state index is -0.693. The number of methoxy groups -OCH3 is 1. The van der Waals surface area contributed by atoms with Crippen LogP contribution in [0.3, 0.4) is 0 Å². The summed E-state index contributed by atoms with van der Waals surface area (Å²) < 4.78 is 29.3. The predicted molar refractivity (Wildman–Crippen MR) is 105 cm³/mol. The van der Waals surface area contributed by atoms with Crippen molar-refractivity contribution in [2.75, 3.05) is 7.11 Å². The third-order valence-electron chi connectivity index (χ3n) is 4.76. The summed E-state index contributed by atoms with van der Waals surface area (Å²) in [7, 11) is 1.64. The van der Waals surface area contributed by atoms with E-state index in [0.29, 0.717) is 6.61 Å². The molecule has 2 aromatic rings. The van der Waals surface area contributed by atoms with Gasteiger partial charge in [0.2, 0.25) is 0 Å². The maximum atomic E-state index is 6.19. The van der Waals surface area contributed by atoms with Gasteiger partial charge in [0.1, 0.15) is 24.1 Å². The third kappa shape index (κ3) is 4.25. The van der Waals surface area contributed by atoms with Crippen LogP contribution in [0.1, 0.15) is 19.4 Å². The van der Waals surface area contributed by atoms with Crippen LogP contribution in [0.15, 0.2) is 59.6 Å². The second kappa shape index (κ2) is 8.01. The van der Waals surface area contributed by atoms with Crippen molar-refractivity contribution in [3.63, 3.8) is 0 Å². The molecule has 0 unspecified atom stereocenters. The fraction of sp³-hybridized carbons (Fsp3) is 0.409. The Balaban J connectivity index is 1.48. The summed E-state index contributed by atoms with van der Waals surface area (Å²) in [5, 5.41) is 0. The molecule has 2 heterocycles. The first-order valence-corrected chi connectivity index (χ1v) is 9.39. The van der Waals surface area contributed by atoms with Crippen LogP contribution in [0.5, 0.6) is 5.75 Å². The molecule has 2 aliphatic rings. The molecule has 0 bridgehead atoms. The molecule has 0 aliphatic carbocycles. The molecule has 0 radical (unpaired) electrons. The molecule has 4 atom stereocenters. The summed E-state index contributed by atoms with van der Waals surface area (Å²) in [6.45, 7) is 4.22. The van der Waals surface area contributed by atoms with Crippen LogP contribution in [0.2, 0.25) is 0 Å². The summed E-state index contributed by atoms with van der Waals surface area (Å²) in [5.74, 6) is 0.0978. The van der Waals surface area contributed by atoms with E-state index in [-0.39, 0.29) is 18.3 Å². The highest BCUT2D eigenvalue weighted by molar-refractivity contribution is 5.69. The van der Waals surface area contributed by atoms with Crippen LogP contribution in [-0.2, 0) is 25.6 Å². The summed E-state index contributed by atoms with van der Waals surface area (Å²) in [4.78, 5) is 4.54.